The molecule has 0 aliphatic carbocycles. The molecule has 3 aromatic rings. The Morgan fingerprint density at radius 2 is 1.81 bits per heavy atom. The molecule has 0 saturated heterocycles. The first kappa shape index (κ1) is 18.6. The lowest BCUT2D eigenvalue weighted by atomic mass is 9.99. The number of benzene rings is 2. The minimum atomic E-state index is -0.314. The first-order valence-electron chi connectivity index (χ1n) is 8.44. The van der Waals surface area contributed by atoms with Gasteiger partial charge in [-0.3, -0.25) is 4.79 Å². The van der Waals surface area contributed by atoms with Crippen molar-refractivity contribution in [3.63, 3.8) is 0 Å². The smallest absolute Gasteiger partial charge is 0.291 e. The van der Waals surface area contributed by atoms with Crippen LogP contribution in [0.2, 0.25) is 10.0 Å². The Balaban J connectivity index is 1.75. The molecule has 5 heteroatoms. The predicted molar refractivity (Wildman–Crippen MR) is 107 cm³/mol. The van der Waals surface area contributed by atoms with Gasteiger partial charge in [0.25, 0.3) is 5.91 Å². The Morgan fingerprint density at radius 1 is 1.08 bits per heavy atom. The van der Waals surface area contributed by atoms with Crippen LogP contribution < -0.4 is 5.32 Å². The van der Waals surface area contributed by atoms with Crippen molar-refractivity contribution in [2.24, 2.45) is 0 Å². The number of halogens is 2. The van der Waals surface area contributed by atoms with Crippen molar-refractivity contribution in [2.45, 2.75) is 26.2 Å². The Kier molecular flexibility index (Phi) is 5.70. The lowest BCUT2D eigenvalue weighted by Gasteiger charge is -2.10. The van der Waals surface area contributed by atoms with Gasteiger partial charge >= 0.3 is 0 Å². The topological polar surface area (TPSA) is 42.2 Å². The fourth-order valence-electron chi connectivity index (χ4n) is 2.61. The average Bonchev–Trinajstić information content (AvgIpc) is 3.14. The summed E-state index contributed by atoms with van der Waals surface area (Å²) in [5.74, 6) is 0.886. The highest BCUT2D eigenvalue weighted by molar-refractivity contribution is 6.35. The van der Waals surface area contributed by atoms with Crippen LogP contribution in [0, 0.1) is 0 Å². The second-order valence-electron chi connectivity index (χ2n) is 6.17. The summed E-state index contributed by atoms with van der Waals surface area (Å²) in [6.45, 7) is 4.33. The zero-order chi connectivity index (χ0) is 18.7. The number of nitrogens with one attached hydrogen (secondary N) is 1. The van der Waals surface area contributed by atoms with Gasteiger partial charge in [-0.2, -0.15) is 0 Å². The lowest BCUT2D eigenvalue weighted by molar-refractivity contribution is 0.0997. The van der Waals surface area contributed by atoms with Gasteiger partial charge in [-0.05, 0) is 60.4 Å². The van der Waals surface area contributed by atoms with E-state index in [4.69, 9.17) is 27.6 Å². The molecule has 2 aromatic carbocycles. The highest BCUT2D eigenvalue weighted by Crippen LogP contribution is 2.32. The summed E-state index contributed by atoms with van der Waals surface area (Å²) in [7, 11) is 0. The monoisotopic (exact) mass is 387 g/mol. The molecule has 0 radical (unpaired) electrons. The molecule has 3 nitrogen and oxygen atoms in total. The third-order valence-corrected chi connectivity index (χ3v) is 4.94. The number of hydrogen-bond acceptors (Lipinski definition) is 2. The molecule has 0 aliphatic heterocycles. The van der Waals surface area contributed by atoms with Gasteiger partial charge in [0.05, 0.1) is 5.02 Å². The van der Waals surface area contributed by atoms with Gasteiger partial charge in [-0.1, -0.05) is 49.2 Å². The van der Waals surface area contributed by atoms with Gasteiger partial charge < -0.3 is 9.73 Å². The number of carbonyl (C=O) groups excluding carboxylic acids is 1. The molecular formula is C21H19Cl2NO2. The van der Waals surface area contributed by atoms with Crippen LogP contribution in [-0.4, -0.2) is 5.91 Å². The molecule has 1 N–H and O–H groups in total. The summed E-state index contributed by atoms with van der Waals surface area (Å²) in [5, 5.41) is 3.90. The lowest BCUT2D eigenvalue weighted by Crippen LogP contribution is -2.10. The summed E-state index contributed by atoms with van der Waals surface area (Å²) in [5.41, 5.74) is 2.62. The van der Waals surface area contributed by atoms with Crippen molar-refractivity contribution in [3.8, 4) is 11.3 Å². The van der Waals surface area contributed by atoms with Crippen molar-refractivity contribution in [3.05, 3.63) is 76.0 Å². The standard InChI is InChI=1S/C21H19Cl2NO2/c1-3-13(2)14-4-7-16(8-5-14)24-21(25)20-11-10-19(26-20)17-12-15(22)6-9-18(17)23/h4-13H,3H2,1-2H3,(H,24,25). The van der Waals surface area contributed by atoms with Crippen LogP contribution in [0.1, 0.15) is 42.3 Å². The Morgan fingerprint density at radius 3 is 2.50 bits per heavy atom. The number of furan rings is 1. The molecule has 1 unspecified atom stereocenters. The fraction of sp³-hybridized carbons (Fsp3) is 0.190. The molecule has 3 rings (SSSR count). The van der Waals surface area contributed by atoms with E-state index >= 15 is 0 Å². The van der Waals surface area contributed by atoms with Crippen LogP contribution in [-0.2, 0) is 0 Å². The number of anilines is 1. The van der Waals surface area contributed by atoms with E-state index in [1.54, 1.807) is 30.3 Å². The quantitative estimate of drug-likeness (QED) is 0.510. The van der Waals surface area contributed by atoms with E-state index in [0.29, 0.717) is 27.3 Å². The first-order valence-corrected chi connectivity index (χ1v) is 9.20. The molecular weight excluding hydrogens is 369 g/mol. The van der Waals surface area contributed by atoms with E-state index in [-0.39, 0.29) is 11.7 Å². The predicted octanol–water partition coefficient (Wildman–Crippen LogP) is 7.02. The van der Waals surface area contributed by atoms with Crippen molar-refractivity contribution < 1.29 is 9.21 Å². The van der Waals surface area contributed by atoms with Gasteiger partial charge in [0, 0.05) is 16.3 Å². The number of hydrogen-bond donors (Lipinski definition) is 1. The molecule has 26 heavy (non-hydrogen) atoms. The molecule has 1 amide bonds. The molecule has 0 bridgehead atoms. The van der Waals surface area contributed by atoms with E-state index in [1.807, 2.05) is 24.3 Å². The Bertz CT molecular complexity index is 916. The first-order chi connectivity index (χ1) is 12.5. The molecule has 1 aromatic heterocycles. The molecule has 0 spiro atoms. The molecule has 0 saturated carbocycles. The van der Waals surface area contributed by atoms with Gasteiger partial charge in [0.2, 0.25) is 0 Å². The summed E-state index contributed by atoms with van der Waals surface area (Å²) >= 11 is 12.2. The normalized spacial score (nSPS) is 12.0. The zero-order valence-corrected chi connectivity index (χ0v) is 16.1. The number of rotatable bonds is 5. The van der Waals surface area contributed by atoms with E-state index in [9.17, 15) is 4.79 Å². The number of amides is 1. The molecule has 134 valence electrons. The molecule has 1 atom stereocenters. The third-order valence-electron chi connectivity index (χ3n) is 4.37. The maximum Gasteiger partial charge on any atom is 0.291 e. The third kappa shape index (κ3) is 4.12. The highest BCUT2D eigenvalue weighted by atomic mass is 35.5. The van der Waals surface area contributed by atoms with Crippen molar-refractivity contribution in [1.82, 2.24) is 0 Å². The van der Waals surface area contributed by atoms with Gasteiger partial charge in [-0.15, -0.1) is 0 Å². The summed E-state index contributed by atoms with van der Waals surface area (Å²) < 4.78 is 5.66. The summed E-state index contributed by atoms with van der Waals surface area (Å²) in [6, 6.07) is 16.3. The molecule has 1 heterocycles. The summed E-state index contributed by atoms with van der Waals surface area (Å²) in [6.07, 6.45) is 1.08. The Labute approximate surface area is 162 Å². The minimum Gasteiger partial charge on any atom is -0.451 e. The Hall–Kier alpha value is -2.23. The molecule has 0 fully saturated rings. The van der Waals surface area contributed by atoms with Gasteiger partial charge in [0.15, 0.2) is 5.76 Å². The largest absolute Gasteiger partial charge is 0.451 e. The average molecular weight is 388 g/mol. The maximum absolute atomic E-state index is 12.4. The van der Waals surface area contributed by atoms with Gasteiger partial charge in [-0.25, -0.2) is 0 Å². The van der Waals surface area contributed by atoms with Crippen molar-refractivity contribution in [2.75, 3.05) is 5.32 Å². The van der Waals surface area contributed by atoms with Crippen LogP contribution in [0.25, 0.3) is 11.3 Å². The van der Waals surface area contributed by atoms with E-state index < -0.39 is 0 Å². The second kappa shape index (κ2) is 7.98. The van der Waals surface area contributed by atoms with Crippen LogP contribution in [0.5, 0.6) is 0 Å². The van der Waals surface area contributed by atoms with E-state index in [1.165, 1.54) is 5.56 Å². The van der Waals surface area contributed by atoms with Crippen molar-refractivity contribution >= 4 is 34.8 Å². The van der Waals surface area contributed by atoms with E-state index in [0.717, 1.165) is 12.1 Å². The van der Waals surface area contributed by atoms with E-state index in [2.05, 4.69) is 19.2 Å². The zero-order valence-electron chi connectivity index (χ0n) is 14.6. The van der Waals surface area contributed by atoms with Crippen LogP contribution >= 0.6 is 23.2 Å². The SMILES string of the molecule is CCC(C)c1ccc(NC(=O)c2ccc(-c3cc(Cl)ccc3Cl)o2)cc1. The van der Waals surface area contributed by atoms with Crippen LogP contribution in [0.3, 0.4) is 0 Å². The second-order valence-corrected chi connectivity index (χ2v) is 7.02. The van der Waals surface area contributed by atoms with Gasteiger partial charge in [0.1, 0.15) is 5.76 Å². The number of carbonyl (C=O) groups is 1. The van der Waals surface area contributed by atoms with Crippen molar-refractivity contribution in [1.29, 1.82) is 0 Å². The minimum absolute atomic E-state index is 0.210. The maximum atomic E-state index is 12.4. The fourth-order valence-corrected chi connectivity index (χ4v) is 3.00. The van der Waals surface area contributed by atoms with Crippen LogP contribution in [0.15, 0.2) is 59.0 Å². The van der Waals surface area contributed by atoms with Crippen LogP contribution in [0.4, 0.5) is 5.69 Å². The summed E-state index contributed by atoms with van der Waals surface area (Å²) in [4.78, 5) is 12.4. The highest BCUT2D eigenvalue weighted by Gasteiger charge is 2.15. The molecule has 0 aliphatic rings.